The van der Waals surface area contributed by atoms with Gasteiger partial charge in [-0.2, -0.15) is 0 Å². The third-order valence-corrected chi connectivity index (χ3v) is 9.65. The summed E-state index contributed by atoms with van der Waals surface area (Å²) in [7, 11) is 1.71. The maximum atomic E-state index is 12.8. The van der Waals surface area contributed by atoms with Crippen LogP contribution in [0.4, 0.5) is 0 Å². The fraction of sp³-hybridized carbons (Fsp3) is 0.611. The minimum Gasteiger partial charge on any atom is -0.462 e. The number of carbonyl (C=O) groups is 2. The molecule has 3 fully saturated rings. The van der Waals surface area contributed by atoms with Crippen LogP contribution in [0.15, 0.2) is 54.6 Å². The zero-order valence-electron chi connectivity index (χ0n) is 29.7. The SMILES string of the molecule is CC(=O)N(C)CCc1ccc(O[C@@H]2O[C@@H](C)[C@H](O)[C@@H](O[C@@H]3O[C@H](COC(=O)c4ccccc4)[C@@H](O[C@@H]4O[C@@H](C)[C@H](O)[C@@H](O)[C@H]4O)[C@H](O)[C@H]3O)[C@H]2O)cc1. The Labute approximate surface area is 306 Å². The number of amides is 1. The second-order valence-electron chi connectivity index (χ2n) is 13.5. The minimum absolute atomic E-state index is 0.0527. The molecule has 2 aromatic rings. The highest BCUT2D eigenvalue weighted by molar-refractivity contribution is 5.89. The molecule has 0 aromatic heterocycles. The van der Waals surface area contributed by atoms with E-state index in [0.29, 0.717) is 18.7 Å². The first-order valence-electron chi connectivity index (χ1n) is 17.4. The Morgan fingerprint density at radius 1 is 0.679 bits per heavy atom. The van der Waals surface area contributed by atoms with Gasteiger partial charge < -0.3 is 73.8 Å². The van der Waals surface area contributed by atoms with Crippen molar-refractivity contribution in [3.8, 4) is 5.75 Å². The molecule has 0 spiro atoms. The summed E-state index contributed by atoms with van der Waals surface area (Å²) in [6, 6.07) is 14.9. The first kappa shape index (κ1) is 40.9. The van der Waals surface area contributed by atoms with Gasteiger partial charge in [-0.15, -0.1) is 0 Å². The average molecular weight is 752 g/mol. The van der Waals surface area contributed by atoms with E-state index in [1.54, 1.807) is 54.4 Å². The second kappa shape index (κ2) is 17.9. The van der Waals surface area contributed by atoms with E-state index in [4.69, 9.17) is 33.2 Å². The number of nitrogens with zero attached hydrogens (tertiary/aromatic N) is 1. The summed E-state index contributed by atoms with van der Waals surface area (Å²) in [5.74, 6) is -0.487. The lowest BCUT2D eigenvalue weighted by atomic mass is 9.96. The van der Waals surface area contributed by atoms with E-state index in [1.807, 2.05) is 0 Å². The molecule has 1 amide bonds. The quantitative estimate of drug-likeness (QED) is 0.122. The number of aliphatic hydroxyl groups is 7. The van der Waals surface area contributed by atoms with E-state index in [-0.39, 0.29) is 11.5 Å². The van der Waals surface area contributed by atoms with Crippen molar-refractivity contribution in [1.82, 2.24) is 4.90 Å². The van der Waals surface area contributed by atoms with Gasteiger partial charge in [-0.05, 0) is 50.1 Å². The zero-order valence-corrected chi connectivity index (χ0v) is 29.7. The average Bonchev–Trinajstić information content (AvgIpc) is 3.15. The van der Waals surface area contributed by atoms with Crippen molar-refractivity contribution in [3.05, 3.63) is 65.7 Å². The lowest BCUT2D eigenvalue weighted by molar-refractivity contribution is -0.374. The Balaban J connectivity index is 1.30. The molecule has 3 saturated heterocycles. The minimum atomic E-state index is -1.90. The summed E-state index contributed by atoms with van der Waals surface area (Å²) >= 11 is 0. The van der Waals surface area contributed by atoms with E-state index in [1.165, 1.54) is 32.9 Å². The maximum absolute atomic E-state index is 12.8. The van der Waals surface area contributed by atoms with Crippen molar-refractivity contribution >= 4 is 11.9 Å². The highest BCUT2D eigenvalue weighted by Crippen LogP contribution is 2.33. The summed E-state index contributed by atoms with van der Waals surface area (Å²) in [4.78, 5) is 25.9. The van der Waals surface area contributed by atoms with Crippen LogP contribution in [-0.2, 0) is 39.6 Å². The lowest BCUT2D eigenvalue weighted by Crippen LogP contribution is -2.66. The van der Waals surface area contributed by atoms with E-state index in [2.05, 4.69) is 0 Å². The summed E-state index contributed by atoms with van der Waals surface area (Å²) in [5.41, 5.74) is 1.14. The van der Waals surface area contributed by atoms with Gasteiger partial charge in [-0.25, -0.2) is 4.79 Å². The number of esters is 1. The predicted molar refractivity (Wildman–Crippen MR) is 180 cm³/mol. The Hall–Kier alpha value is -3.30. The molecule has 17 heteroatoms. The molecule has 0 saturated carbocycles. The van der Waals surface area contributed by atoms with Gasteiger partial charge in [0.1, 0.15) is 73.4 Å². The lowest BCUT2D eigenvalue weighted by Gasteiger charge is -2.48. The van der Waals surface area contributed by atoms with Crippen LogP contribution in [0.1, 0.15) is 36.7 Å². The number of hydrogen-bond acceptors (Lipinski definition) is 16. The van der Waals surface area contributed by atoms with Crippen molar-refractivity contribution in [2.24, 2.45) is 0 Å². The number of aliphatic hydroxyl groups excluding tert-OH is 7. The van der Waals surface area contributed by atoms with Crippen LogP contribution in [0.25, 0.3) is 0 Å². The van der Waals surface area contributed by atoms with E-state index >= 15 is 0 Å². The molecular formula is C36H49NO16. The van der Waals surface area contributed by atoms with Crippen LogP contribution in [0.3, 0.4) is 0 Å². The third kappa shape index (κ3) is 9.69. The number of likely N-dealkylation sites (N-methyl/N-ethyl adjacent to an activating group) is 1. The Bertz CT molecular complexity index is 1480. The molecule has 0 aliphatic carbocycles. The van der Waals surface area contributed by atoms with Gasteiger partial charge in [0.25, 0.3) is 0 Å². The highest BCUT2D eigenvalue weighted by Gasteiger charge is 2.53. The van der Waals surface area contributed by atoms with Crippen LogP contribution in [0, 0.1) is 0 Å². The van der Waals surface area contributed by atoms with Gasteiger partial charge in [0.05, 0.1) is 17.8 Å². The molecule has 17 nitrogen and oxygen atoms in total. The number of rotatable bonds is 12. The molecule has 3 aliphatic rings. The zero-order chi connectivity index (χ0) is 38.6. The molecule has 53 heavy (non-hydrogen) atoms. The molecule has 5 rings (SSSR count). The van der Waals surface area contributed by atoms with Crippen molar-refractivity contribution < 1.29 is 78.5 Å². The second-order valence-corrected chi connectivity index (χ2v) is 13.5. The topological polar surface area (TPSA) is 244 Å². The van der Waals surface area contributed by atoms with Crippen LogP contribution < -0.4 is 4.74 Å². The number of hydrogen-bond donors (Lipinski definition) is 7. The molecule has 15 atom stereocenters. The van der Waals surface area contributed by atoms with Gasteiger partial charge in [0, 0.05) is 20.5 Å². The molecule has 294 valence electrons. The van der Waals surface area contributed by atoms with Crippen LogP contribution in [-0.4, -0.2) is 165 Å². The van der Waals surface area contributed by atoms with Gasteiger partial charge in [-0.1, -0.05) is 30.3 Å². The normalized spacial score (nSPS) is 37.5. The van der Waals surface area contributed by atoms with Crippen molar-refractivity contribution in [2.45, 2.75) is 119 Å². The van der Waals surface area contributed by atoms with Gasteiger partial charge in [0.2, 0.25) is 12.2 Å². The molecule has 0 bridgehead atoms. The summed E-state index contributed by atoms with van der Waals surface area (Å²) < 4.78 is 40.3. The number of carbonyl (C=O) groups excluding carboxylic acids is 2. The van der Waals surface area contributed by atoms with Crippen LogP contribution in [0.2, 0.25) is 0 Å². The van der Waals surface area contributed by atoms with Crippen molar-refractivity contribution in [2.75, 3.05) is 20.2 Å². The standard InChI is InChI=1S/C36H49NO16/c1-17-24(39)26(41)28(43)34(48-17)52-31-23(16-47-33(46)21-8-6-5-7-9-21)51-35(29(44)27(31)42)53-32-25(40)18(2)49-36(30(32)45)50-22-12-10-20(11-13-22)14-15-37(4)19(3)38/h5-13,17-18,23-32,34-36,39-45H,14-16H2,1-4H3/t17-,18-,23+,24-,25-,26+,27+,28+,29+,30+,31+,32+,34-,35-,36-/m0/s1. The van der Waals surface area contributed by atoms with Crippen LogP contribution >= 0.6 is 0 Å². The monoisotopic (exact) mass is 751 g/mol. The molecule has 2 aromatic carbocycles. The Morgan fingerprint density at radius 3 is 1.92 bits per heavy atom. The number of benzene rings is 2. The van der Waals surface area contributed by atoms with E-state index < -0.39 is 105 Å². The fourth-order valence-electron chi connectivity index (χ4n) is 6.15. The van der Waals surface area contributed by atoms with Crippen LogP contribution in [0.5, 0.6) is 5.75 Å². The first-order chi connectivity index (χ1) is 25.2. The maximum Gasteiger partial charge on any atom is 0.338 e. The Morgan fingerprint density at radius 2 is 1.26 bits per heavy atom. The number of ether oxygens (including phenoxy) is 7. The predicted octanol–water partition coefficient (Wildman–Crippen LogP) is -1.55. The smallest absolute Gasteiger partial charge is 0.338 e. The Kier molecular flexibility index (Phi) is 13.8. The highest BCUT2D eigenvalue weighted by atomic mass is 16.8. The summed E-state index contributed by atoms with van der Waals surface area (Å²) in [6.07, 6.45) is -22.3. The fourth-order valence-corrected chi connectivity index (χ4v) is 6.15. The van der Waals surface area contributed by atoms with Gasteiger partial charge >= 0.3 is 5.97 Å². The van der Waals surface area contributed by atoms with E-state index in [9.17, 15) is 45.3 Å². The summed E-state index contributed by atoms with van der Waals surface area (Å²) in [5, 5.41) is 75.8. The molecule has 7 N–H and O–H groups in total. The van der Waals surface area contributed by atoms with Crippen molar-refractivity contribution in [3.63, 3.8) is 0 Å². The summed E-state index contributed by atoms with van der Waals surface area (Å²) in [6.45, 7) is 4.37. The molecular weight excluding hydrogens is 702 g/mol. The molecule has 3 heterocycles. The third-order valence-electron chi connectivity index (χ3n) is 9.65. The molecule has 0 radical (unpaired) electrons. The molecule has 0 unspecified atom stereocenters. The van der Waals surface area contributed by atoms with E-state index in [0.717, 1.165) is 5.56 Å². The van der Waals surface area contributed by atoms with Gasteiger partial charge in [0.15, 0.2) is 12.6 Å². The first-order valence-corrected chi connectivity index (χ1v) is 17.4. The van der Waals surface area contributed by atoms with Crippen molar-refractivity contribution in [1.29, 1.82) is 0 Å². The molecule has 3 aliphatic heterocycles. The van der Waals surface area contributed by atoms with Gasteiger partial charge in [-0.3, -0.25) is 4.79 Å². The largest absolute Gasteiger partial charge is 0.462 e.